The predicted molar refractivity (Wildman–Crippen MR) is 80.0 cm³/mol. The molecule has 0 bridgehead atoms. The number of nitrogens with zero attached hydrogens (tertiary/aromatic N) is 1. The maximum Gasteiger partial charge on any atom is 0.410 e. The van der Waals surface area contributed by atoms with Gasteiger partial charge in [0.25, 0.3) is 0 Å². The summed E-state index contributed by atoms with van der Waals surface area (Å²) in [7, 11) is 0. The van der Waals surface area contributed by atoms with Crippen molar-refractivity contribution in [1.82, 2.24) is 10.2 Å². The molecular formula is C13H24ClN3O4. The monoisotopic (exact) mass is 321 g/mol. The maximum absolute atomic E-state index is 12.1. The van der Waals surface area contributed by atoms with Gasteiger partial charge < -0.3 is 15.8 Å². The molecule has 1 aliphatic rings. The first-order valence-corrected chi connectivity index (χ1v) is 6.71. The van der Waals surface area contributed by atoms with Crippen molar-refractivity contribution in [2.45, 2.75) is 58.2 Å². The zero-order valence-corrected chi connectivity index (χ0v) is 13.7. The number of halogens is 1. The van der Waals surface area contributed by atoms with E-state index in [2.05, 4.69) is 5.32 Å². The number of nitrogens with one attached hydrogen (secondary N) is 1. The van der Waals surface area contributed by atoms with Crippen LogP contribution in [0.4, 0.5) is 4.79 Å². The summed E-state index contributed by atoms with van der Waals surface area (Å²) in [5.74, 6) is -0.986. The third-order valence-corrected chi connectivity index (χ3v) is 2.97. The zero-order valence-electron chi connectivity index (χ0n) is 12.8. The van der Waals surface area contributed by atoms with Crippen LogP contribution in [0.2, 0.25) is 0 Å². The summed E-state index contributed by atoms with van der Waals surface area (Å²) in [4.78, 5) is 36.5. The molecule has 1 saturated heterocycles. The van der Waals surface area contributed by atoms with Gasteiger partial charge in [0.2, 0.25) is 11.8 Å². The van der Waals surface area contributed by atoms with E-state index in [-0.39, 0.29) is 18.3 Å². The Kier molecular flexibility index (Phi) is 6.96. The SMILES string of the molecule is CC(NC(=O)[C@@H]1CCCN1C(=O)OC(C)(C)C)C(N)=O.Cl. The maximum atomic E-state index is 12.1. The highest BCUT2D eigenvalue weighted by Gasteiger charge is 2.37. The van der Waals surface area contributed by atoms with E-state index in [1.165, 1.54) is 11.8 Å². The van der Waals surface area contributed by atoms with Gasteiger partial charge in [0.1, 0.15) is 17.7 Å². The fourth-order valence-electron chi connectivity index (χ4n) is 1.96. The first-order chi connectivity index (χ1) is 9.11. The highest BCUT2D eigenvalue weighted by atomic mass is 35.5. The van der Waals surface area contributed by atoms with E-state index in [1.807, 2.05) is 0 Å². The normalized spacial score (nSPS) is 19.4. The van der Waals surface area contributed by atoms with E-state index < -0.39 is 29.7 Å². The summed E-state index contributed by atoms with van der Waals surface area (Å²) in [6.45, 7) is 7.28. The van der Waals surface area contributed by atoms with Crippen LogP contribution >= 0.6 is 12.4 Å². The quantitative estimate of drug-likeness (QED) is 0.802. The van der Waals surface area contributed by atoms with Crippen LogP contribution in [0.15, 0.2) is 0 Å². The van der Waals surface area contributed by atoms with Gasteiger partial charge in [-0.1, -0.05) is 0 Å². The van der Waals surface area contributed by atoms with Crippen molar-refractivity contribution < 1.29 is 19.1 Å². The van der Waals surface area contributed by atoms with Crippen LogP contribution in [0.1, 0.15) is 40.5 Å². The topological polar surface area (TPSA) is 102 Å². The number of carbonyl (C=O) groups excluding carboxylic acids is 3. The van der Waals surface area contributed by atoms with Crippen LogP contribution in [-0.2, 0) is 14.3 Å². The third kappa shape index (κ3) is 5.79. The molecule has 1 rings (SSSR count). The number of nitrogens with two attached hydrogens (primary N) is 1. The predicted octanol–water partition coefficient (Wildman–Crippen LogP) is 0.798. The molecule has 0 spiro atoms. The number of primary amides is 1. The lowest BCUT2D eigenvalue weighted by atomic mass is 10.2. The van der Waals surface area contributed by atoms with E-state index in [1.54, 1.807) is 20.8 Å². The van der Waals surface area contributed by atoms with E-state index in [4.69, 9.17) is 10.5 Å². The molecule has 2 atom stereocenters. The molecule has 1 aliphatic heterocycles. The number of carbonyl (C=O) groups is 3. The number of rotatable bonds is 3. The molecule has 0 aliphatic carbocycles. The molecule has 0 radical (unpaired) electrons. The lowest BCUT2D eigenvalue weighted by Crippen LogP contribution is -2.51. The average molecular weight is 322 g/mol. The summed E-state index contributed by atoms with van der Waals surface area (Å²) in [5, 5.41) is 2.51. The van der Waals surface area contributed by atoms with Gasteiger partial charge in [-0.3, -0.25) is 14.5 Å². The smallest absolute Gasteiger partial charge is 0.410 e. The molecule has 1 heterocycles. The van der Waals surface area contributed by atoms with Gasteiger partial charge in [-0.05, 0) is 40.5 Å². The number of ether oxygens (including phenoxy) is 1. The lowest BCUT2D eigenvalue weighted by Gasteiger charge is -2.28. The molecule has 3 amide bonds. The van der Waals surface area contributed by atoms with Crippen LogP contribution in [0.3, 0.4) is 0 Å². The molecule has 8 heteroatoms. The summed E-state index contributed by atoms with van der Waals surface area (Å²) in [6.07, 6.45) is 0.764. The number of hydrogen-bond donors (Lipinski definition) is 2. The molecule has 0 saturated carbocycles. The summed E-state index contributed by atoms with van der Waals surface area (Å²) < 4.78 is 5.27. The molecule has 1 unspecified atom stereocenters. The van der Waals surface area contributed by atoms with Gasteiger partial charge >= 0.3 is 6.09 Å². The highest BCUT2D eigenvalue weighted by Crippen LogP contribution is 2.21. The molecule has 0 aromatic carbocycles. The van der Waals surface area contributed by atoms with Crippen molar-refractivity contribution in [1.29, 1.82) is 0 Å². The van der Waals surface area contributed by atoms with Crippen molar-refractivity contribution in [3.8, 4) is 0 Å². The molecule has 21 heavy (non-hydrogen) atoms. The standard InChI is InChI=1S/C13H23N3O4.ClH/c1-8(10(14)17)15-11(18)9-6-5-7-16(9)12(19)20-13(2,3)4;/h8-9H,5-7H2,1-4H3,(H2,14,17)(H,15,18);1H/t8?,9-;/m0./s1. The van der Waals surface area contributed by atoms with E-state index >= 15 is 0 Å². The second-order valence-corrected chi connectivity index (χ2v) is 5.96. The molecular weight excluding hydrogens is 298 g/mol. The number of likely N-dealkylation sites (tertiary alicyclic amines) is 1. The van der Waals surface area contributed by atoms with E-state index in [0.717, 1.165) is 6.42 Å². The van der Waals surface area contributed by atoms with Gasteiger partial charge in [0.05, 0.1) is 0 Å². The second kappa shape index (κ2) is 7.49. The van der Waals surface area contributed by atoms with Crippen LogP contribution < -0.4 is 11.1 Å². The van der Waals surface area contributed by atoms with Crippen molar-refractivity contribution in [2.24, 2.45) is 5.73 Å². The molecule has 1 fully saturated rings. The van der Waals surface area contributed by atoms with Crippen molar-refractivity contribution in [3.63, 3.8) is 0 Å². The molecule has 122 valence electrons. The lowest BCUT2D eigenvalue weighted by molar-refractivity contribution is -0.129. The first kappa shape index (κ1) is 19.5. The van der Waals surface area contributed by atoms with Crippen molar-refractivity contribution >= 4 is 30.3 Å². The van der Waals surface area contributed by atoms with E-state index in [0.29, 0.717) is 13.0 Å². The molecule has 0 aromatic rings. The minimum Gasteiger partial charge on any atom is -0.444 e. The van der Waals surface area contributed by atoms with Gasteiger partial charge in [0.15, 0.2) is 0 Å². The summed E-state index contributed by atoms with van der Waals surface area (Å²) in [6, 6.07) is -1.37. The summed E-state index contributed by atoms with van der Waals surface area (Å²) in [5.41, 5.74) is 4.49. The fourth-order valence-corrected chi connectivity index (χ4v) is 1.96. The minimum absolute atomic E-state index is 0. The first-order valence-electron chi connectivity index (χ1n) is 6.71. The Hall–Kier alpha value is -1.50. The Morgan fingerprint density at radius 1 is 1.33 bits per heavy atom. The van der Waals surface area contributed by atoms with Gasteiger partial charge in [-0.25, -0.2) is 4.79 Å². The van der Waals surface area contributed by atoms with Crippen LogP contribution in [-0.4, -0.2) is 47.0 Å². The Bertz CT molecular complexity index is 409. The Morgan fingerprint density at radius 3 is 2.38 bits per heavy atom. The highest BCUT2D eigenvalue weighted by molar-refractivity contribution is 5.90. The van der Waals surface area contributed by atoms with Gasteiger partial charge in [-0.2, -0.15) is 0 Å². The fraction of sp³-hybridized carbons (Fsp3) is 0.769. The largest absolute Gasteiger partial charge is 0.444 e. The van der Waals surface area contributed by atoms with Crippen LogP contribution in [0, 0.1) is 0 Å². The zero-order chi connectivity index (χ0) is 15.5. The second-order valence-electron chi connectivity index (χ2n) is 5.96. The van der Waals surface area contributed by atoms with E-state index in [9.17, 15) is 14.4 Å². The molecule has 0 aromatic heterocycles. The van der Waals surface area contributed by atoms with Crippen LogP contribution in [0.5, 0.6) is 0 Å². The average Bonchev–Trinajstić information content (AvgIpc) is 2.74. The minimum atomic E-state index is -0.761. The Labute approximate surface area is 131 Å². The third-order valence-electron chi connectivity index (χ3n) is 2.97. The van der Waals surface area contributed by atoms with Gasteiger partial charge in [-0.15, -0.1) is 12.4 Å². The number of amides is 3. The van der Waals surface area contributed by atoms with Crippen molar-refractivity contribution in [3.05, 3.63) is 0 Å². The summed E-state index contributed by atoms with van der Waals surface area (Å²) >= 11 is 0. The molecule has 3 N–H and O–H groups in total. The van der Waals surface area contributed by atoms with Crippen molar-refractivity contribution in [2.75, 3.05) is 6.54 Å². The Balaban J connectivity index is 0.00000400. The number of hydrogen-bond acceptors (Lipinski definition) is 4. The Morgan fingerprint density at radius 2 is 1.90 bits per heavy atom. The molecule has 7 nitrogen and oxygen atoms in total. The van der Waals surface area contributed by atoms with Gasteiger partial charge in [0, 0.05) is 6.54 Å². The van der Waals surface area contributed by atoms with Crippen LogP contribution in [0.25, 0.3) is 0 Å².